The largest absolute Gasteiger partial charge is 0.377 e. The van der Waals surface area contributed by atoms with E-state index >= 15 is 0 Å². The Kier molecular flexibility index (Phi) is 4.14. The average molecular weight is 326 g/mol. The Morgan fingerprint density at radius 2 is 2.25 bits per heavy atom. The van der Waals surface area contributed by atoms with Gasteiger partial charge in [-0.1, -0.05) is 6.07 Å². The second kappa shape index (κ2) is 6.30. The Labute approximate surface area is 143 Å². The molecule has 2 aromatic heterocycles. The fourth-order valence-electron chi connectivity index (χ4n) is 4.16. The topological polar surface area (TPSA) is 43.2 Å². The van der Waals surface area contributed by atoms with Gasteiger partial charge in [-0.25, -0.2) is 0 Å². The molecule has 4 rings (SSSR count). The van der Waals surface area contributed by atoms with Gasteiger partial charge in [-0.05, 0) is 31.9 Å². The maximum absolute atomic E-state index is 6.09. The fraction of sp³-hybridized carbons (Fsp3) is 0.579. The molecule has 1 spiro atoms. The molecule has 2 aliphatic rings. The summed E-state index contributed by atoms with van der Waals surface area (Å²) in [5, 5.41) is 4.55. The molecule has 4 heterocycles. The van der Waals surface area contributed by atoms with Crippen molar-refractivity contribution in [1.82, 2.24) is 19.7 Å². The predicted octanol–water partition coefficient (Wildman–Crippen LogP) is 2.44. The molecule has 2 aliphatic heterocycles. The SMILES string of the molecule is CCn1cc(CN2CC3(CO[C@@H](Cc4cccnc4)C3)C2)c(C)n1. The van der Waals surface area contributed by atoms with Crippen LogP contribution in [0.5, 0.6) is 0 Å². The molecule has 2 saturated heterocycles. The molecule has 2 fully saturated rings. The molecule has 0 amide bonds. The van der Waals surface area contributed by atoms with E-state index in [9.17, 15) is 0 Å². The van der Waals surface area contributed by atoms with Crippen LogP contribution in [0.3, 0.4) is 0 Å². The molecule has 1 atom stereocenters. The third-order valence-electron chi connectivity index (χ3n) is 5.36. The summed E-state index contributed by atoms with van der Waals surface area (Å²) >= 11 is 0. The van der Waals surface area contributed by atoms with Crippen LogP contribution in [-0.4, -0.2) is 45.5 Å². The highest BCUT2D eigenvalue weighted by atomic mass is 16.5. The number of aromatic nitrogens is 3. The molecule has 0 unspecified atom stereocenters. The van der Waals surface area contributed by atoms with Gasteiger partial charge in [-0.15, -0.1) is 0 Å². The van der Waals surface area contributed by atoms with Crippen LogP contribution in [-0.2, 0) is 24.2 Å². The second-order valence-corrected chi connectivity index (χ2v) is 7.44. The molecular formula is C19H26N4O. The fourth-order valence-corrected chi connectivity index (χ4v) is 4.16. The first-order valence-electron chi connectivity index (χ1n) is 8.92. The number of rotatable bonds is 5. The highest BCUT2D eigenvalue weighted by molar-refractivity contribution is 5.17. The minimum absolute atomic E-state index is 0.348. The first kappa shape index (κ1) is 15.8. The molecule has 0 saturated carbocycles. The van der Waals surface area contributed by atoms with Gasteiger partial charge in [0.15, 0.2) is 0 Å². The van der Waals surface area contributed by atoms with E-state index in [0.29, 0.717) is 11.5 Å². The van der Waals surface area contributed by atoms with E-state index in [1.165, 1.54) is 17.5 Å². The van der Waals surface area contributed by atoms with Crippen LogP contribution in [0.25, 0.3) is 0 Å². The Morgan fingerprint density at radius 1 is 1.38 bits per heavy atom. The zero-order valence-corrected chi connectivity index (χ0v) is 14.6. The van der Waals surface area contributed by atoms with Crippen LogP contribution < -0.4 is 0 Å². The Balaban J connectivity index is 1.30. The first-order valence-corrected chi connectivity index (χ1v) is 8.92. The summed E-state index contributed by atoms with van der Waals surface area (Å²) in [5.74, 6) is 0. The molecule has 0 aromatic carbocycles. The average Bonchev–Trinajstić information content (AvgIpc) is 3.12. The van der Waals surface area contributed by atoms with Crippen molar-refractivity contribution >= 4 is 0 Å². The summed E-state index contributed by atoms with van der Waals surface area (Å²) in [6.45, 7) is 9.39. The van der Waals surface area contributed by atoms with E-state index in [-0.39, 0.29) is 0 Å². The van der Waals surface area contributed by atoms with Crippen molar-refractivity contribution < 1.29 is 4.74 Å². The number of nitrogens with zero attached hydrogens (tertiary/aromatic N) is 4. The second-order valence-electron chi connectivity index (χ2n) is 7.44. The van der Waals surface area contributed by atoms with Crippen LogP contribution in [0.4, 0.5) is 0 Å². The summed E-state index contributed by atoms with van der Waals surface area (Å²) in [4.78, 5) is 6.73. The van der Waals surface area contributed by atoms with Gasteiger partial charge < -0.3 is 4.74 Å². The van der Waals surface area contributed by atoms with Crippen LogP contribution >= 0.6 is 0 Å². The van der Waals surface area contributed by atoms with Crippen LogP contribution in [0.15, 0.2) is 30.7 Å². The standard InChI is InChI=1S/C19H26N4O/c1-3-23-11-17(15(2)21-23)10-22-12-19(13-22)8-18(24-14-19)7-16-5-4-6-20-9-16/h4-6,9,11,18H,3,7-8,10,12-14H2,1-2H3/t18-/m0/s1. The molecule has 0 bridgehead atoms. The third kappa shape index (κ3) is 3.10. The summed E-state index contributed by atoms with van der Waals surface area (Å²) in [6, 6.07) is 4.15. The van der Waals surface area contributed by atoms with E-state index in [0.717, 1.165) is 44.9 Å². The summed E-state index contributed by atoms with van der Waals surface area (Å²) < 4.78 is 8.12. The number of hydrogen-bond donors (Lipinski definition) is 0. The van der Waals surface area contributed by atoms with Crippen molar-refractivity contribution in [1.29, 1.82) is 0 Å². The van der Waals surface area contributed by atoms with Crippen molar-refractivity contribution in [3.05, 3.63) is 47.5 Å². The Hall–Kier alpha value is -1.72. The molecule has 24 heavy (non-hydrogen) atoms. The smallest absolute Gasteiger partial charge is 0.0638 e. The lowest BCUT2D eigenvalue weighted by molar-refractivity contribution is -0.0141. The first-order chi connectivity index (χ1) is 11.7. The molecule has 2 aromatic rings. The number of pyridine rings is 1. The Morgan fingerprint density at radius 3 is 2.96 bits per heavy atom. The molecular weight excluding hydrogens is 300 g/mol. The molecule has 5 nitrogen and oxygen atoms in total. The highest BCUT2D eigenvalue weighted by Crippen LogP contribution is 2.42. The van der Waals surface area contributed by atoms with Gasteiger partial charge in [0, 0.05) is 62.2 Å². The minimum Gasteiger partial charge on any atom is -0.377 e. The zero-order chi connectivity index (χ0) is 16.6. The number of ether oxygens (including phenoxy) is 1. The van der Waals surface area contributed by atoms with Crippen molar-refractivity contribution in [3.63, 3.8) is 0 Å². The van der Waals surface area contributed by atoms with Crippen molar-refractivity contribution in [2.45, 2.75) is 45.9 Å². The highest BCUT2D eigenvalue weighted by Gasteiger charge is 2.48. The zero-order valence-electron chi connectivity index (χ0n) is 14.6. The van der Waals surface area contributed by atoms with E-state index < -0.39 is 0 Å². The maximum Gasteiger partial charge on any atom is 0.0638 e. The normalized spacial score (nSPS) is 22.8. The lowest BCUT2D eigenvalue weighted by Gasteiger charge is -2.47. The monoisotopic (exact) mass is 326 g/mol. The van der Waals surface area contributed by atoms with E-state index in [4.69, 9.17) is 4.74 Å². The summed E-state index contributed by atoms with van der Waals surface area (Å²) in [7, 11) is 0. The van der Waals surface area contributed by atoms with Crippen LogP contribution in [0.1, 0.15) is 30.2 Å². The van der Waals surface area contributed by atoms with Gasteiger partial charge in [-0.2, -0.15) is 5.10 Å². The van der Waals surface area contributed by atoms with E-state index in [1.54, 1.807) is 0 Å². The maximum atomic E-state index is 6.09. The molecule has 0 N–H and O–H groups in total. The lowest BCUT2D eigenvalue weighted by atomic mass is 9.77. The number of hydrogen-bond acceptors (Lipinski definition) is 4. The molecule has 0 aliphatic carbocycles. The van der Waals surface area contributed by atoms with E-state index in [2.05, 4.69) is 41.1 Å². The Bertz CT molecular complexity index is 691. The van der Waals surface area contributed by atoms with Gasteiger partial charge in [-0.3, -0.25) is 14.6 Å². The summed E-state index contributed by atoms with van der Waals surface area (Å²) in [5.41, 5.74) is 4.17. The molecule has 0 radical (unpaired) electrons. The van der Waals surface area contributed by atoms with Gasteiger partial charge in [0.2, 0.25) is 0 Å². The molecule has 5 heteroatoms. The van der Waals surface area contributed by atoms with Gasteiger partial charge in [0.25, 0.3) is 0 Å². The van der Waals surface area contributed by atoms with Gasteiger partial charge in [0.1, 0.15) is 0 Å². The van der Waals surface area contributed by atoms with Crippen molar-refractivity contribution in [3.8, 4) is 0 Å². The number of aryl methyl sites for hydroxylation is 2. The predicted molar refractivity (Wildman–Crippen MR) is 92.6 cm³/mol. The quantitative estimate of drug-likeness (QED) is 0.846. The van der Waals surface area contributed by atoms with Gasteiger partial charge in [0.05, 0.1) is 18.4 Å². The van der Waals surface area contributed by atoms with Crippen molar-refractivity contribution in [2.24, 2.45) is 5.41 Å². The van der Waals surface area contributed by atoms with Crippen LogP contribution in [0, 0.1) is 12.3 Å². The van der Waals surface area contributed by atoms with E-state index in [1.807, 2.05) is 23.1 Å². The number of likely N-dealkylation sites (tertiary alicyclic amines) is 1. The lowest BCUT2D eigenvalue weighted by Crippen LogP contribution is -2.56. The summed E-state index contributed by atoms with van der Waals surface area (Å²) in [6.07, 6.45) is 8.48. The molecule has 128 valence electrons. The van der Waals surface area contributed by atoms with Gasteiger partial charge >= 0.3 is 0 Å². The third-order valence-corrected chi connectivity index (χ3v) is 5.36. The minimum atomic E-state index is 0.348. The van der Waals surface area contributed by atoms with Crippen LogP contribution in [0.2, 0.25) is 0 Å². The van der Waals surface area contributed by atoms with Crippen molar-refractivity contribution in [2.75, 3.05) is 19.7 Å².